The fraction of sp³-hybridized carbons (Fsp3) is 0.550. The fourth-order valence-electron chi connectivity index (χ4n) is 3.49. The molecule has 1 aliphatic carbocycles. The highest BCUT2D eigenvalue weighted by Gasteiger charge is 2.25. The van der Waals surface area contributed by atoms with Crippen molar-refractivity contribution in [2.45, 2.75) is 65.3 Å². The maximum Gasteiger partial charge on any atom is 0.229 e. The maximum atomic E-state index is 12.8. The first-order valence-electron chi connectivity index (χ1n) is 9.27. The van der Waals surface area contributed by atoms with Gasteiger partial charge in [0.25, 0.3) is 0 Å². The largest absolute Gasteiger partial charge is 0.284 e. The topological polar surface area (TPSA) is 46.1 Å². The number of amides is 1. The van der Waals surface area contributed by atoms with Gasteiger partial charge in [0.2, 0.25) is 11.0 Å². The number of benzene rings is 1. The summed E-state index contributed by atoms with van der Waals surface area (Å²) >= 11 is 1.50. The van der Waals surface area contributed by atoms with Crippen molar-refractivity contribution in [1.29, 1.82) is 0 Å². The lowest BCUT2D eigenvalue weighted by Gasteiger charge is -2.24. The van der Waals surface area contributed by atoms with Gasteiger partial charge in [-0.1, -0.05) is 66.8 Å². The van der Waals surface area contributed by atoms with Gasteiger partial charge in [-0.2, -0.15) is 0 Å². The van der Waals surface area contributed by atoms with Gasteiger partial charge >= 0.3 is 0 Å². The molecule has 1 aliphatic rings. The number of nitrogens with zero attached hydrogens (tertiary/aromatic N) is 3. The van der Waals surface area contributed by atoms with E-state index in [0.717, 1.165) is 22.9 Å². The highest BCUT2D eigenvalue weighted by Crippen LogP contribution is 2.32. The molecule has 0 bridgehead atoms. The average molecular weight is 358 g/mol. The van der Waals surface area contributed by atoms with E-state index in [0.29, 0.717) is 11.6 Å². The Labute approximate surface area is 154 Å². The van der Waals surface area contributed by atoms with Gasteiger partial charge in [0.1, 0.15) is 5.01 Å². The van der Waals surface area contributed by atoms with E-state index < -0.39 is 0 Å². The summed E-state index contributed by atoms with van der Waals surface area (Å²) in [6, 6.07) is 8.35. The Morgan fingerprint density at radius 1 is 1.20 bits per heavy atom. The minimum atomic E-state index is 0.0925. The SMILES string of the molecule is Cc1ccc(-c2nnc(N(C(=O)CCC3CCCC3)C(C)C)s2)cc1. The van der Waals surface area contributed by atoms with E-state index in [-0.39, 0.29) is 11.9 Å². The van der Waals surface area contributed by atoms with Gasteiger partial charge in [-0.05, 0) is 33.1 Å². The van der Waals surface area contributed by atoms with Gasteiger partial charge in [0.15, 0.2) is 0 Å². The van der Waals surface area contributed by atoms with Crippen LogP contribution in [0.4, 0.5) is 5.13 Å². The molecule has 1 heterocycles. The lowest BCUT2D eigenvalue weighted by molar-refractivity contribution is -0.119. The predicted octanol–water partition coefficient (Wildman–Crippen LogP) is 5.23. The van der Waals surface area contributed by atoms with Crippen LogP contribution in [0.15, 0.2) is 24.3 Å². The molecule has 0 aliphatic heterocycles. The summed E-state index contributed by atoms with van der Waals surface area (Å²) in [6.07, 6.45) is 6.83. The first-order valence-corrected chi connectivity index (χ1v) is 10.1. The van der Waals surface area contributed by atoms with Crippen LogP contribution in [0.25, 0.3) is 10.6 Å². The molecule has 1 amide bonds. The molecule has 0 atom stereocenters. The first kappa shape index (κ1) is 18.1. The van der Waals surface area contributed by atoms with Crippen LogP contribution in [-0.2, 0) is 4.79 Å². The molecular weight excluding hydrogens is 330 g/mol. The molecule has 25 heavy (non-hydrogen) atoms. The molecule has 5 heteroatoms. The lowest BCUT2D eigenvalue weighted by atomic mass is 10.0. The van der Waals surface area contributed by atoms with E-state index in [4.69, 9.17) is 0 Å². The number of hydrogen-bond acceptors (Lipinski definition) is 4. The summed E-state index contributed by atoms with van der Waals surface area (Å²) in [6.45, 7) is 6.15. The second-order valence-electron chi connectivity index (χ2n) is 7.30. The number of carbonyl (C=O) groups excluding carboxylic acids is 1. The molecule has 1 saturated carbocycles. The third-order valence-corrected chi connectivity index (χ3v) is 5.92. The first-order chi connectivity index (χ1) is 12.0. The molecule has 134 valence electrons. The molecule has 0 N–H and O–H groups in total. The smallest absolute Gasteiger partial charge is 0.229 e. The van der Waals surface area contributed by atoms with Crippen LogP contribution in [0.1, 0.15) is 57.9 Å². The van der Waals surface area contributed by atoms with Crippen LogP contribution < -0.4 is 4.90 Å². The molecule has 1 aromatic carbocycles. The van der Waals surface area contributed by atoms with Crippen LogP contribution in [0.2, 0.25) is 0 Å². The molecular formula is C20H27N3OS. The van der Waals surface area contributed by atoms with Gasteiger partial charge in [0, 0.05) is 18.0 Å². The fourth-order valence-corrected chi connectivity index (χ4v) is 4.49. The number of hydrogen-bond donors (Lipinski definition) is 0. The Morgan fingerprint density at radius 2 is 1.88 bits per heavy atom. The molecule has 0 saturated heterocycles. The number of aryl methyl sites for hydroxylation is 1. The van der Waals surface area contributed by atoms with Crippen LogP contribution >= 0.6 is 11.3 Å². The second-order valence-corrected chi connectivity index (χ2v) is 8.26. The van der Waals surface area contributed by atoms with Crippen LogP contribution in [0.3, 0.4) is 0 Å². The third kappa shape index (κ3) is 4.46. The monoisotopic (exact) mass is 357 g/mol. The summed E-state index contributed by atoms with van der Waals surface area (Å²) in [5.41, 5.74) is 2.27. The average Bonchev–Trinajstić information content (AvgIpc) is 3.25. The van der Waals surface area contributed by atoms with E-state index in [1.807, 2.05) is 18.7 Å². The lowest BCUT2D eigenvalue weighted by Crippen LogP contribution is -2.37. The standard InChI is InChI=1S/C20H27N3OS/c1-14(2)23(18(24)13-10-16-6-4-5-7-16)20-22-21-19(25-20)17-11-8-15(3)9-12-17/h8-9,11-12,14,16H,4-7,10,13H2,1-3H3. The van der Waals surface area contributed by atoms with Crippen LogP contribution in [0.5, 0.6) is 0 Å². The van der Waals surface area contributed by atoms with Crippen molar-refractivity contribution in [1.82, 2.24) is 10.2 Å². The zero-order valence-electron chi connectivity index (χ0n) is 15.4. The minimum Gasteiger partial charge on any atom is -0.284 e. The number of aromatic nitrogens is 2. The zero-order chi connectivity index (χ0) is 17.8. The van der Waals surface area contributed by atoms with Crippen molar-refractivity contribution >= 4 is 22.4 Å². The molecule has 0 unspecified atom stereocenters. The zero-order valence-corrected chi connectivity index (χ0v) is 16.2. The van der Waals surface area contributed by atoms with Gasteiger partial charge in [-0.3, -0.25) is 9.69 Å². The van der Waals surface area contributed by atoms with E-state index in [1.54, 1.807) is 0 Å². The molecule has 0 radical (unpaired) electrons. The Hall–Kier alpha value is -1.75. The number of rotatable bonds is 6. The van der Waals surface area contributed by atoms with Gasteiger partial charge in [-0.15, -0.1) is 10.2 Å². The minimum absolute atomic E-state index is 0.0925. The third-order valence-electron chi connectivity index (χ3n) is 4.95. The van der Waals surface area contributed by atoms with Gasteiger partial charge in [-0.25, -0.2) is 0 Å². The Morgan fingerprint density at radius 3 is 2.52 bits per heavy atom. The van der Waals surface area contributed by atoms with Crippen molar-refractivity contribution in [3.8, 4) is 10.6 Å². The second kappa shape index (κ2) is 8.09. The van der Waals surface area contributed by atoms with Gasteiger partial charge in [0.05, 0.1) is 0 Å². The van der Waals surface area contributed by atoms with Crippen molar-refractivity contribution in [3.63, 3.8) is 0 Å². The quantitative estimate of drug-likeness (QED) is 0.711. The Kier molecular flexibility index (Phi) is 5.84. The summed E-state index contributed by atoms with van der Waals surface area (Å²) in [5.74, 6) is 0.906. The van der Waals surface area contributed by atoms with E-state index in [2.05, 4.69) is 41.4 Å². The molecule has 4 nitrogen and oxygen atoms in total. The van der Waals surface area contributed by atoms with Crippen molar-refractivity contribution in [2.24, 2.45) is 5.92 Å². The Bertz CT molecular complexity index is 702. The van der Waals surface area contributed by atoms with Crippen LogP contribution in [0, 0.1) is 12.8 Å². The number of carbonyl (C=O) groups is 1. The van der Waals surface area contributed by atoms with E-state index in [1.165, 1.54) is 42.6 Å². The predicted molar refractivity (Wildman–Crippen MR) is 104 cm³/mol. The maximum absolute atomic E-state index is 12.8. The summed E-state index contributed by atoms with van der Waals surface area (Å²) in [4.78, 5) is 14.6. The Balaban J connectivity index is 1.71. The van der Waals surface area contributed by atoms with E-state index >= 15 is 0 Å². The summed E-state index contributed by atoms with van der Waals surface area (Å²) in [7, 11) is 0. The molecule has 0 spiro atoms. The van der Waals surface area contributed by atoms with Crippen molar-refractivity contribution < 1.29 is 4.79 Å². The molecule has 1 aromatic heterocycles. The summed E-state index contributed by atoms with van der Waals surface area (Å²) < 4.78 is 0. The van der Waals surface area contributed by atoms with Crippen molar-refractivity contribution in [2.75, 3.05) is 4.90 Å². The molecule has 3 rings (SSSR count). The molecule has 1 fully saturated rings. The highest BCUT2D eigenvalue weighted by molar-refractivity contribution is 7.18. The summed E-state index contributed by atoms with van der Waals surface area (Å²) in [5, 5.41) is 10.2. The van der Waals surface area contributed by atoms with Crippen LogP contribution in [-0.4, -0.2) is 22.1 Å². The van der Waals surface area contributed by atoms with Gasteiger partial charge < -0.3 is 0 Å². The highest BCUT2D eigenvalue weighted by atomic mass is 32.1. The normalized spacial score (nSPS) is 15.0. The van der Waals surface area contributed by atoms with Crippen molar-refractivity contribution in [3.05, 3.63) is 29.8 Å². The van der Waals surface area contributed by atoms with E-state index in [9.17, 15) is 4.79 Å². The molecule has 2 aromatic rings. The number of anilines is 1.